The van der Waals surface area contributed by atoms with Crippen molar-refractivity contribution in [3.8, 4) is 5.75 Å². The fraction of sp³-hybridized carbons (Fsp3) is 0.364. The van der Waals surface area contributed by atoms with E-state index in [0.717, 1.165) is 11.3 Å². The third-order valence-electron chi connectivity index (χ3n) is 3.95. The minimum atomic E-state index is -0.181. The van der Waals surface area contributed by atoms with E-state index in [4.69, 9.17) is 9.47 Å². The quantitative estimate of drug-likeness (QED) is 0.506. The van der Waals surface area contributed by atoms with Crippen molar-refractivity contribution in [1.82, 2.24) is 10.6 Å². The average molecular weight is 399 g/mol. The topological polar surface area (TPSA) is 88.7 Å². The van der Waals surface area contributed by atoms with Crippen LogP contribution in [0.2, 0.25) is 0 Å². The number of anilines is 1. The van der Waals surface area contributed by atoms with Gasteiger partial charge in [-0.1, -0.05) is 18.2 Å². The third kappa shape index (κ3) is 8.23. The van der Waals surface area contributed by atoms with Crippen LogP contribution in [0.25, 0.3) is 0 Å². The lowest BCUT2D eigenvalue weighted by Gasteiger charge is -2.11. The highest BCUT2D eigenvalue weighted by Gasteiger charge is 2.07. The van der Waals surface area contributed by atoms with Crippen LogP contribution in [0.4, 0.5) is 5.69 Å². The van der Waals surface area contributed by atoms with Gasteiger partial charge in [0.25, 0.3) is 5.91 Å². The molecule has 0 bridgehead atoms. The Morgan fingerprint density at radius 1 is 1.03 bits per heavy atom. The summed E-state index contributed by atoms with van der Waals surface area (Å²) in [4.78, 5) is 24.2. The molecule has 0 unspecified atom stereocenters. The monoisotopic (exact) mass is 399 g/mol. The standard InChI is InChI=1S/C22H29N3O4/c1-16(2)29-20-9-7-17(8-10-20)14-25-21(26)15-24-19-6-4-5-18(13-19)22(27)23-11-12-28-3/h4-10,13,16,24H,11-12,14-15H2,1-3H3,(H,23,27)(H,25,26). The van der Waals surface area contributed by atoms with Crippen LogP contribution < -0.4 is 20.7 Å². The lowest BCUT2D eigenvalue weighted by molar-refractivity contribution is -0.119. The maximum Gasteiger partial charge on any atom is 0.251 e. The first-order valence-electron chi connectivity index (χ1n) is 9.61. The van der Waals surface area contributed by atoms with Gasteiger partial charge in [-0.25, -0.2) is 0 Å². The maximum atomic E-state index is 12.1. The molecule has 0 saturated carbocycles. The van der Waals surface area contributed by atoms with Gasteiger partial charge in [0.1, 0.15) is 5.75 Å². The van der Waals surface area contributed by atoms with Crippen LogP contribution in [-0.4, -0.2) is 44.7 Å². The number of hydrogen-bond acceptors (Lipinski definition) is 5. The zero-order valence-corrected chi connectivity index (χ0v) is 17.2. The van der Waals surface area contributed by atoms with Crippen LogP contribution in [0.15, 0.2) is 48.5 Å². The Morgan fingerprint density at radius 2 is 1.79 bits per heavy atom. The van der Waals surface area contributed by atoms with E-state index in [9.17, 15) is 9.59 Å². The van der Waals surface area contributed by atoms with Gasteiger partial charge < -0.3 is 25.4 Å². The lowest BCUT2D eigenvalue weighted by Crippen LogP contribution is -2.29. The normalized spacial score (nSPS) is 10.5. The molecule has 2 aromatic carbocycles. The van der Waals surface area contributed by atoms with Crippen molar-refractivity contribution < 1.29 is 19.1 Å². The summed E-state index contributed by atoms with van der Waals surface area (Å²) in [5, 5.41) is 8.67. The van der Waals surface area contributed by atoms with Crippen LogP contribution in [-0.2, 0) is 16.1 Å². The van der Waals surface area contributed by atoms with Gasteiger partial charge in [-0.15, -0.1) is 0 Å². The maximum absolute atomic E-state index is 12.1. The Hall–Kier alpha value is -3.06. The second-order valence-corrected chi connectivity index (χ2v) is 6.77. The van der Waals surface area contributed by atoms with E-state index >= 15 is 0 Å². The molecule has 0 atom stereocenters. The Bertz CT molecular complexity index is 791. The van der Waals surface area contributed by atoms with Gasteiger partial charge in [0.05, 0.1) is 19.3 Å². The second-order valence-electron chi connectivity index (χ2n) is 6.77. The highest BCUT2D eigenvalue weighted by molar-refractivity contribution is 5.95. The van der Waals surface area contributed by atoms with Crippen LogP contribution in [0.1, 0.15) is 29.8 Å². The summed E-state index contributed by atoms with van der Waals surface area (Å²) in [6, 6.07) is 14.7. The van der Waals surface area contributed by atoms with Gasteiger partial charge in [0.2, 0.25) is 5.91 Å². The predicted molar refractivity (Wildman–Crippen MR) is 113 cm³/mol. The molecule has 0 heterocycles. The Morgan fingerprint density at radius 3 is 2.48 bits per heavy atom. The summed E-state index contributed by atoms with van der Waals surface area (Å²) in [7, 11) is 1.58. The van der Waals surface area contributed by atoms with Gasteiger partial charge in [0, 0.05) is 31.5 Å². The number of hydrogen-bond donors (Lipinski definition) is 3. The van der Waals surface area contributed by atoms with Gasteiger partial charge in [-0.3, -0.25) is 9.59 Å². The highest BCUT2D eigenvalue weighted by Crippen LogP contribution is 2.14. The largest absolute Gasteiger partial charge is 0.491 e. The fourth-order valence-electron chi connectivity index (χ4n) is 2.54. The smallest absolute Gasteiger partial charge is 0.251 e. The summed E-state index contributed by atoms with van der Waals surface area (Å²) < 4.78 is 10.5. The number of benzene rings is 2. The van der Waals surface area contributed by atoms with Crippen molar-refractivity contribution in [3.63, 3.8) is 0 Å². The minimum Gasteiger partial charge on any atom is -0.491 e. The first kappa shape index (κ1) is 22.2. The van der Waals surface area contributed by atoms with Crippen LogP contribution in [0.5, 0.6) is 5.75 Å². The molecule has 156 valence electrons. The predicted octanol–water partition coefficient (Wildman–Crippen LogP) is 2.58. The van der Waals surface area contributed by atoms with Crippen molar-refractivity contribution in [1.29, 1.82) is 0 Å². The van der Waals surface area contributed by atoms with E-state index < -0.39 is 0 Å². The molecular weight excluding hydrogens is 370 g/mol. The second kappa shape index (κ2) is 11.7. The van der Waals surface area contributed by atoms with Gasteiger partial charge >= 0.3 is 0 Å². The number of carbonyl (C=O) groups excluding carboxylic acids is 2. The molecule has 2 amide bonds. The molecule has 0 spiro atoms. The minimum absolute atomic E-state index is 0.114. The average Bonchev–Trinajstić information content (AvgIpc) is 2.71. The van der Waals surface area contributed by atoms with E-state index in [0.29, 0.717) is 30.9 Å². The van der Waals surface area contributed by atoms with E-state index in [2.05, 4.69) is 16.0 Å². The summed E-state index contributed by atoms with van der Waals surface area (Å²) >= 11 is 0. The molecular formula is C22H29N3O4. The van der Waals surface area contributed by atoms with E-state index in [-0.39, 0.29) is 24.5 Å². The molecule has 29 heavy (non-hydrogen) atoms. The lowest BCUT2D eigenvalue weighted by atomic mass is 10.2. The summed E-state index contributed by atoms with van der Waals surface area (Å²) in [6.07, 6.45) is 0.126. The highest BCUT2D eigenvalue weighted by atomic mass is 16.5. The van der Waals surface area contributed by atoms with Crippen LogP contribution in [0, 0.1) is 0 Å². The molecule has 0 aliphatic heterocycles. The SMILES string of the molecule is COCCNC(=O)c1cccc(NCC(=O)NCc2ccc(OC(C)C)cc2)c1. The molecule has 0 saturated heterocycles. The van der Waals surface area contributed by atoms with Crippen molar-refractivity contribution in [2.75, 3.05) is 32.1 Å². The van der Waals surface area contributed by atoms with E-state index in [1.54, 1.807) is 25.3 Å². The molecule has 7 nitrogen and oxygen atoms in total. The molecule has 0 aliphatic carbocycles. The molecule has 0 fully saturated rings. The first-order valence-corrected chi connectivity index (χ1v) is 9.61. The number of ether oxygens (including phenoxy) is 2. The van der Waals surface area contributed by atoms with Gasteiger partial charge in [-0.05, 0) is 49.7 Å². The molecule has 7 heteroatoms. The number of carbonyl (C=O) groups is 2. The van der Waals surface area contributed by atoms with Crippen molar-refractivity contribution in [3.05, 3.63) is 59.7 Å². The molecule has 2 rings (SSSR count). The summed E-state index contributed by atoms with van der Waals surface area (Å²) in [6.45, 7) is 5.40. The molecule has 0 aromatic heterocycles. The summed E-state index contributed by atoms with van der Waals surface area (Å²) in [5.41, 5.74) is 2.22. The van der Waals surface area contributed by atoms with Crippen molar-refractivity contribution in [2.45, 2.75) is 26.5 Å². The zero-order valence-electron chi connectivity index (χ0n) is 17.2. The van der Waals surface area contributed by atoms with Crippen LogP contribution in [0.3, 0.4) is 0 Å². The molecule has 2 aromatic rings. The third-order valence-corrected chi connectivity index (χ3v) is 3.95. The number of nitrogens with one attached hydrogen (secondary N) is 3. The van der Waals surface area contributed by atoms with E-state index in [1.165, 1.54) is 0 Å². The van der Waals surface area contributed by atoms with Crippen LogP contribution >= 0.6 is 0 Å². The van der Waals surface area contributed by atoms with E-state index in [1.807, 2.05) is 44.2 Å². The zero-order chi connectivity index (χ0) is 21.1. The number of rotatable bonds is 11. The van der Waals surface area contributed by atoms with Crippen molar-refractivity contribution >= 4 is 17.5 Å². The van der Waals surface area contributed by atoms with Gasteiger partial charge in [0.15, 0.2) is 0 Å². The molecule has 0 radical (unpaired) electrons. The molecule has 3 N–H and O–H groups in total. The first-order chi connectivity index (χ1) is 14.0. The summed E-state index contributed by atoms with van der Waals surface area (Å²) in [5.74, 6) is 0.491. The molecule has 0 aliphatic rings. The Labute approximate surface area is 171 Å². The van der Waals surface area contributed by atoms with Gasteiger partial charge in [-0.2, -0.15) is 0 Å². The number of amides is 2. The number of methoxy groups -OCH3 is 1. The Kier molecular flexibility index (Phi) is 8.98. The fourth-order valence-corrected chi connectivity index (χ4v) is 2.54. The van der Waals surface area contributed by atoms with Crippen molar-refractivity contribution in [2.24, 2.45) is 0 Å². The Balaban J connectivity index is 1.77.